The topological polar surface area (TPSA) is 101 Å². The minimum absolute atomic E-state index is 0.0634. The largest absolute Gasteiger partial charge is 0.328 e. The Morgan fingerprint density at radius 3 is 2.60 bits per heavy atom. The SMILES string of the molecule is CC(=O)Nc1ccc(S(=O)(=O)NCCC(C)N)cc1Br. The lowest BCUT2D eigenvalue weighted by molar-refractivity contribution is -0.114. The summed E-state index contributed by atoms with van der Waals surface area (Å²) in [4.78, 5) is 11.1. The number of rotatable bonds is 6. The second-order valence-electron chi connectivity index (χ2n) is 4.49. The molecule has 1 rings (SSSR count). The Hall–Kier alpha value is -0.960. The van der Waals surface area contributed by atoms with E-state index < -0.39 is 10.0 Å². The summed E-state index contributed by atoms with van der Waals surface area (Å²) < 4.78 is 27.1. The van der Waals surface area contributed by atoms with Crippen molar-refractivity contribution >= 4 is 37.5 Å². The summed E-state index contributed by atoms with van der Waals surface area (Å²) in [6.45, 7) is 3.48. The fraction of sp³-hybridized carbons (Fsp3) is 0.417. The van der Waals surface area contributed by atoms with Gasteiger partial charge in [-0.25, -0.2) is 13.1 Å². The third-order valence-corrected chi connectivity index (χ3v) is 4.57. The summed E-state index contributed by atoms with van der Waals surface area (Å²) in [7, 11) is -3.57. The van der Waals surface area contributed by atoms with Crippen LogP contribution in [0, 0.1) is 0 Å². The number of hydrogen-bond acceptors (Lipinski definition) is 4. The van der Waals surface area contributed by atoms with Gasteiger partial charge in [-0.3, -0.25) is 4.79 Å². The zero-order valence-electron chi connectivity index (χ0n) is 11.3. The second kappa shape index (κ2) is 7.16. The van der Waals surface area contributed by atoms with Gasteiger partial charge in [0.15, 0.2) is 0 Å². The van der Waals surface area contributed by atoms with Crippen LogP contribution in [0.5, 0.6) is 0 Å². The molecule has 0 saturated carbocycles. The van der Waals surface area contributed by atoms with Gasteiger partial charge in [-0.05, 0) is 47.5 Å². The van der Waals surface area contributed by atoms with Crippen molar-refractivity contribution in [1.82, 2.24) is 4.72 Å². The molecular formula is C12H18BrN3O3S. The molecule has 0 aliphatic carbocycles. The first-order valence-electron chi connectivity index (χ1n) is 6.05. The van der Waals surface area contributed by atoms with Gasteiger partial charge in [-0.15, -0.1) is 0 Å². The normalized spacial score (nSPS) is 13.0. The van der Waals surface area contributed by atoms with Gasteiger partial charge >= 0.3 is 0 Å². The van der Waals surface area contributed by atoms with E-state index in [0.29, 0.717) is 16.6 Å². The molecule has 0 aliphatic heterocycles. The predicted octanol–water partition coefficient (Wildman–Crippen LogP) is 1.42. The van der Waals surface area contributed by atoms with Crippen LogP contribution in [0.15, 0.2) is 27.6 Å². The molecule has 0 heterocycles. The molecular weight excluding hydrogens is 346 g/mol. The summed E-state index contributed by atoms with van der Waals surface area (Å²) in [5.74, 6) is -0.226. The molecule has 4 N–H and O–H groups in total. The van der Waals surface area contributed by atoms with E-state index in [0.717, 1.165) is 0 Å². The van der Waals surface area contributed by atoms with Crippen molar-refractivity contribution < 1.29 is 13.2 Å². The highest BCUT2D eigenvalue weighted by Gasteiger charge is 2.15. The summed E-state index contributed by atoms with van der Waals surface area (Å²) in [6, 6.07) is 4.35. The van der Waals surface area contributed by atoms with Crippen LogP contribution < -0.4 is 15.8 Å². The molecule has 1 unspecified atom stereocenters. The van der Waals surface area contributed by atoms with Gasteiger partial charge in [0.2, 0.25) is 15.9 Å². The summed E-state index contributed by atoms with van der Waals surface area (Å²) in [6.07, 6.45) is 0.560. The molecule has 0 radical (unpaired) electrons. The Morgan fingerprint density at radius 2 is 2.10 bits per heavy atom. The molecule has 6 nitrogen and oxygen atoms in total. The maximum absolute atomic E-state index is 12.0. The fourth-order valence-corrected chi connectivity index (χ4v) is 3.16. The average molecular weight is 364 g/mol. The monoisotopic (exact) mass is 363 g/mol. The number of nitrogens with two attached hydrogens (primary N) is 1. The van der Waals surface area contributed by atoms with Gasteiger partial charge in [-0.1, -0.05) is 0 Å². The molecule has 0 aromatic heterocycles. The number of carbonyl (C=O) groups is 1. The van der Waals surface area contributed by atoms with E-state index >= 15 is 0 Å². The minimum Gasteiger partial charge on any atom is -0.328 e. The number of nitrogens with one attached hydrogen (secondary N) is 2. The number of anilines is 1. The molecule has 0 spiro atoms. The maximum atomic E-state index is 12.0. The molecule has 0 fully saturated rings. The lowest BCUT2D eigenvalue weighted by Gasteiger charge is -2.10. The molecule has 1 aromatic carbocycles. The Morgan fingerprint density at radius 1 is 1.45 bits per heavy atom. The van der Waals surface area contributed by atoms with Crippen molar-refractivity contribution in [1.29, 1.82) is 0 Å². The van der Waals surface area contributed by atoms with Gasteiger partial charge in [0.05, 0.1) is 10.6 Å². The number of benzene rings is 1. The first kappa shape index (κ1) is 17.1. The Labute approximate surface area is 127 Å². The molecule has 1 amide bonds. The third-order valence-electron chi connectivity index (χ3n) is 2.45. The van der Waals surface area contributed by atoms with Crippen molar-refractivity contribution in [2.45, 2.75) is 31.2 Å². The Balaban J connectivity index is 2.86. The van der Waals surface area contributed by atoms with Gasteiger partial charge in [0.1, 0.15) is 0 Å². The lowest BCUT2D eigenvalue weighted by atomic mass is 10.3. The Bertz CT molecular complexity index is 588. The van der Waals surface area contributed by atoms with Crippen LogP contribution in [0.3, 0.4) is 0 Å². The number of sulfonamides is 1. The van der Waals surface area contributed by atoms with E-state index in [9.17, 15) is 13.2 Å². The molecule has 0 bridgehead atoms. The van der Waals surface area contributed by atoms with E-state index in [-0.39, 0.29) is 23.4 Å². The fourth-order valence-electron chi connectivity index (χ4n) is 1.46. The van der Waals surface area contributed by atoms with E-state index in [4.69, 9.17) is 5.73 Å². The van der Waals surface area contributed by atoms with E-state index in [1.807, 2.05) is 6.92 Å². The Kier molecular flexibility index (Phi) is 6.12. The van der Waals surface area contributed by atoms with E-state index in [1.54, 1.807) is 0 Å². The van der Waals surface area contributed by atoms with Crippen molar-refractivity contribution in [2.24, 2.45) is 5.73 Å². The lowest BCUT2D eigenvalue weighted by Crippen LogP contribution is -2.29. The van der Waals surface area contributed by atoms with Crippen LogP contribution in [0.2, 0.25) is 0 Å². The summed E-state index contributed by atoms with van der Waals surface area (Å²) in [5, 5.41) is 2.59. The third kappa shape index (κ3) is 5.20. The minimum atomic E-state index is -3.57. The van der Waals surface area contributed by atoms with Gasteiger partial charge < -0.3 is 11.1 Å². The summed E-state index contributed by atoms with van der Waals surface area (Å²) >= 11 is 3.23. The molecule has 20 heavy (non-hydrogen) atoms. The predicted molar refractivity (Wildman–Crippen MR) is 81.9 cm³/mol. The second-order valence-corrected chi connectivity index (χ2v) is 7.11. The number of hydrogen-bond donors (Lipinski definition) is 3. The highest BCUT2D eigenvalue weighted by Crippen LogP contribution is 2.25. The zero-order chi connectivity index (χ0) is 15.3. The number of halogens is 1. The van der Waals surface area contributed by atoms with E-state index in [2.05, 4.69) is 26.0 Å². The molecule has 112 valence electrons. The maximum Gasteiger partial charge on any atom is 0.240 e. The first-order chi connectivity index (χ1) is 9.22. The van der Waals surface area contributed by atoms with Crippen LogP contribution in [-0.2, 0) is 14.8 Å². The van der Waals surface area contributed by atoms with Crippen LogP contribution in [0.25, 0.3) is 0 Å². The highest BCUT2D eigenvalue weighted by molar-refractivity contribution is 9.10. The smallest absolute Gasteiger partial charge is 0.240 e. The quantitative estimate of drug-likeness (QED) is 0.711. The van der Waals surface area contributed by atoms with Crippen molar-refractivity contribution in [3.05, 3.63) is 22.7 Å². The van der Waals surface area contributed by atoms with Crippen molar-refractivity contribution in [3.8, 4) is 0 Å². The van der Waals surface area contributed by atoms with Gasteiger partial charge in [-0.2, -0.15) is 0 Å². The van der Waals surface area contributed by atoms with Crippen LogP contribution >= 0.6 is 15.9 Å². The summed E-state index contributed by atoms with van der Waals surface area (Å²) in [5.41, 5.74) is 6.09. The van der Waals surface area contributed by atoms with Gasteiger partial charge in [0, 0.05) is 24.0 Å². The average Bonchev–Trinajstić information content (AvgIpc) is 2.30. The van der Waals surface area contributed by atoms with Crippen LogP contribution in [0.1, 0.15) is 20.3 Å². The molecule has 1 atom stereocenters. The number of carbonyl (C=O) groups excluding carboxylic acids is 1. The molecule has 0 aliphatic rings. The zero-order valence-corrected chi connectivity index (χ0v) is 13.7. The van der Waals surface area contributed by atoms with Crippen molar-refractivity contribution in [2.75, 3.05) is 11.9 Å². The van der Waals surface area contributed by atoms with Crippen LogP contribution in [0.4, 0.5) is 5.69 Å². The molecule has 8 heteroatoms. The first-order valence-corrected chi connectivity index (χ1v) is 8.32. The number of amides is 1. The highest BCUT2D eigenvalue weighted by atomic mass is 79.9. The molecule has 1 aromatic rings. The van der Waals surface area contributed by atoms with E-state index in [1.165, 1.54) is 25.1 Å². The van der Waals surface area contributed by atoms with Crippen LogP contribution in [-0.4, -0.2) is 26.9 Å². The standard InChI is InChI=1S/C12H18BrN3O3S/c1-8(14)5-6-15-20(18,19)10-3-4-12(11(13)7-10)16-9(2)17/h3-4,7-8,15H,5-6,14H2,1-2H3,(H,16,17). The molecule has 0 saturated heterocycles. The van der Waals surface area contributed by atoms with Gasteiger partial charge in [0.25, 0.3) is 0 Å². The van der Waals surface area contributed by atoms with Crippen molar-refractivity contribution in [3.63, 3.8) is 0 Å².